The second-order valence-electron chi connectivity index (χ2n) is 3.47. The summed E-state index contributed by atoms with van der Waals surface area (Å²) in [5.74, 6) is 0.199. The Labute approximate surface area is 80.9 Å². The number of hydrogen-bond donors (Lipinski definition) is 0. The smallest absolute Gasteiger partial charge is 0.125 e. The minimum Gasteiger partial charge on any atom is -0.490 e. The number of nitrogens with zero attached hydrogens (tertiary/aromatic N) is 1. The Morgan fingerprint density at radius 2 is 2.36 bits per heavy atom. The van der Waals surface area contributed by atoms with Gasteiger partial charge in [0.25, 0.3) is 0 Å². The second-order valence-corrected chi connectivity index (χ2v) is 3.47. The van der Waals surface area contributed by atoms with Crippen molar-refractivity contribution in [3.8, 4) is 5.75 Å². The average molecular weight is 195 g/mol. The second kappa shape index (κ2) is 3.36. The summed E-state index contributed by atoms with van der Waals surface area (Å²) in [6, 6.07) is 3.69. The summed E-state index contributed by atoms with van der Waals surface area (Å²) >= 11 is 0. The van der Waals surface area contributed by atoms with Crippen LogP contribution < -0.4 is 4.74 Å². The first kappa shape index (κ1) is 9.12. The molecule has 1 unspecified atom stereocenters. The molecule has 0 aromatic heterocycles. The van der Waals surface area contributed by atoms with Crippen molar-refractivity contribution in [1.29, 1.82) is 0 Å². The topological polar surface area (TPSA) is 38.7 Å². The van der Waals surface area contributed by atoms with E-state index in [1.807, 2.05) is 6.92 Å². The fraction of sp³-hybridized carbons (Fsp3) is 0.400. The van der Waals surface area contributed by atoms with Crippen LogP contribution in [-0.2, 0) is 0 Å². The first-order valence-electron chi connectivity index (χ1n) is 4.49. The van der Waals surface area contributed by atoms with Gasteiger partial charge < -0.3 is 4.74 Å². The molecule has 0 amide bonds. The largest absolute Gasteiger partial charge is 0.490 e. The first-order valence-corrected chi connectivity index (χ1v) is 4.49. The van der Waals surface area contributed by atoms with Crippen LogP contribution in [0, 0.1) is 10.7 Å². The molecule has 0 aliphatic carbocycles. The van der Waals surface area contributed by atoms with Crippen molar-refractivity contribution in [1.82, 2.24) is 0 Å². The highest BCUT2D eigenvalue weighted by Gasteiger charge is 2.26. The highest BCUT2D eigenvalue weighted by molar-refractivity contribution is 5.38. The van der Waals surface area contributed by atoms with Gasteiger partial charge in [-0.15, -0.1) is 0 Å². The summed E-state index contributed by atoms with van der Waals surface area (Å²) in [6.07, 6.45) is 0.468. The molecule has 2 atom stereocenters. The SMILES string of the molecule is C[C@@H]1CC(N=O)c2cc(F)ccc2O1. The van der Waals surface area contributed by atoms with E-state index in [0.717, 1.165) is 0 Å². The van der Waals surface area contributed by atoms with Gasteiger partial charge in [-0.05, 0) is 25.1 Å². The van der Waals surface area contributed by atoms with E-state index in [1.165, 1.54) is 12.1 Å². The lowest BCUT2D eigenvalue weighted by molar-refractivity contribution is 0.176. The van der Waals surface area contributed by atoms with Crippen LogP contribution in [0.5, 0.6) is 5.75 Å². The predicted molar refractivity (Wildman–Crippen MR) is 49.6 cm³/mol. The lowest BCUT2D eigenvalue weighted by Crippen LogP contribution is -2.21. The number of fused-ring (bicyclic) bond motifs is 1. The number of ether oxygens (including phenoxy) is 1. The van der Waals surface area contributed by atoms with Crippen LogP contribution >= 0.6 is 0 Å². The normalized spacial score (nSPS) is 25.0. The van der Waals surface area contributed by atoms with Crippen LogP contribution in [0.3, 0.4) is 0 Å². The van der Waals surface area contributed by atoms with Gasteiger partial charge in [0, 0.05) is 12.0 Å². The molecule has 0 bridgehead atoms. The zero-order valence-corrected chi connectivity index (χ0v) is 7.74. The minimum absolute atomic E-state index is 0.0457. The third-order valence-corrected chi connectivity index (χ3v) is 2.34. The Morgan fingerprint density at radius 1 is 1.57 bits per heavy atom. The maximum atomic E-state index is 12.9. The van der Waals surface area contributed by atoms with E-state index < -0.39 is 6.04 Å². The summed E-state index contributed by atoms with van der Waals surface area (Å²) in [6.45, 7) is 1.87. The van der Waals surface area contributed by atoms with Gasteiger partial charge in [0.15, 0.2) is 0 Å². The predicted octanol–water partition coefficient (Wildman–Crippen LogP) is 2.80. The summed E-state index contributed by atoms with van der Waals surface area (Å²) < 4.78 is 18.4. The van der Waals surface area contributed by atoms with Crippen molar-refractivity contribution in [2.75, 3.05) is 0 Å². The molecule has 1 aliphatic heterocycles. The lowest BCUT2D eigenvalue weighted by atomic mass is 9.98. The quantitative estimate of drug-likeness (QED) is 0.646. The summed E-state index contributed by atoms with van der Waals surface area (Å²) in [4.78, 5) is 10.6. The third-order valence-electron chi connectivity index (χ3n) is 2.34. The van der Waals surface area contributed by atoms with Crippen molar-refractivity contribution >= 4 is 0 Å². The third kappa shape index (κ3) is 1.47. The van der Waals surface area contributed by atoms with E-state index in [4.69, 9.17) is 4.74 Å². The molecular weight excluding hydrogens is 185 g/mol. The molecule has 0 fully saturated rings. The molecule has 1 aromatic carbocycles. The first-order chi connectivity index (χ1) is 6.70. The molecule has 2 rings (SSSR count). The van der Waals surface area contributed by atoms with Crippen LogP contribution in [0.15, 0.2) is 23.4 Å². The average Bonchev–Trinajstić information content (AvgIpc) is 2.17. The Kier molecular flexibility index (Phi) is 2.19. The highest BCUT2D eigenvalue weighted by atomic mass is 19.1. The van der Waals surface area contributed by atoms with Crippen molar-refractivity contribution in [3.63, 3.8) is 0 Å². The maximum absolute atomic E-state index is 12.9. The van der Waals surface area contributed by atoms with Gasteiger partial charge in [-0.3, -0.25) is 0 Å². The van der Waals surface area contributed by atoms with E-state index in [2.05, 4.69) is 5.18 Å². The Hall–Kier alpha value is -1.45. The molecule has 1 heterocycles. The van der Waals surface area contributed by atoms with Crippen LogP contribution in [0.25, 0.3) is 0 Å². The molecule has 0 saturated heterocycles. The number of rotatable bonds is 1. The summed E-state index contributed by atoms with van der Waals surface area (Å²) in [5.41, 5.74) is 0.554. The van der Waals surface area contributed by atoms with Gasteiger partial charge in [0.2, 0.25) is 0 Å². The number of nitroso groups, excluding NO2 is 1. The van der Waals surface area contributed by atoms with E-state index in [-0.39, 0.29) is 11.9 Å². The fourth-order valence-corrected chi connectivity index (χ4v) is 1.69. The summed E-state index contributed by atoms with van der Waals surface area (Å²) in [7, 11) is 0. The molecule has 3 nitrogen and oxygen atoms in total. The van der Waals surface area contributed by atoms with E-state index in [9.17, 15) is 9.30 Å². The number of halogens is 1. The van der Waals surface area contributed by atoms with Crippen molar-refractivity contribution < 1.29 is 9.13 Å². The highest BCUT2D eigenvalue weighted by Crippen LogP contribution is 2.37. The zero-order chi connectivity index (χ0) is 10.1. The molecule has 0 spiro atoms. The van der Waals surface area contributed by atoms with Crippen LogP contribution in [0.2, 0.25) is 0 Å². The molecule has 1 aromatic rings. The molecule has 1 aliphatic rings. The van der Waals surface area contributed by atoms with Crippen LogP contribution in [0.1, 0.15) is 24.9 Å². The number of hydrogen-bond acceptors (Lipinski definition) is 3. The van der Waals surface area contributed by atoms with Gasteiger partial charge in [-0.2, -0.15) is 4.91 Å². The van der Waals surface area contributed by atoms with E-state index in [1.54, 1.807) is 6.07 Å². The fourth-order valence-electron chi connectivity index (χ4n) is 1.69. The van der Waals surface area contributed by atoms with Crippen molar-refractivity contribution in [2.45, 2.75) is 25.5 Å². The van der Waals surface area contributed by atoms with E-state index in [0.29, 0.717) is 17.7 Å². The monoisotopic (exact) mass is 195 g/mol. The molecule has 0 N–H and O–H groups in total. The Morgan fingerprint density at radius 3 is 3.07 bits per heavy atom. The maximum Gasteiger partial charge on any atom is 0.125 e. The summed E-state index contributed by atoms with van der Waals surface area (Å²) in [5, 5.41) is 2.98. The number of benzene rings is 1. The van der Waals surface area contributed by atoms with Crippen molar-refractivity contribution in [3.05, 3.63) is 34.5 Å². The standard InChI is InChI=1S/C10H10FNO2/c1-6-4-9(12-13)8-5-7(11)2-3-10(8)14-6/h2-3,5-6,9H,4H2,1H3/t6-,9?/m1/s1. The van der Waals surface area contributed by atoms with Crippen molar-refractivity contribution in [2.24, 2.45) is 5.18 Å². The Balaban J connectivity index is 2.46. The molecule has 4 heteroatoms. The van der Waals surface area contributed by atoms with Gasteiger partial charge >= 0.3 is 0 Å². The minimum atomic E-state index is -0.482. The molecular formula is C10H10FNO2. The molecule has 0 saturated carbocycles. The lowest BCUT2D eigenvalue weighted by Gasteiger charge is -2.26. The van der Waals surface area contributed by atoms with Gasteiger partial charge in [0.05, 0.1) is 6.10 Å². The molecule has 0 radical (unpaired) electrons. The van der Waals surface area contributed by atoms with Gasteiger partial charge in [-0.1, -0.05) is 5.18 Å². The molecule has 74 valence electrons. The van der Waals surface area contributed by atoms with Gasteiger partial charge in [0.1, 0.15) is 17.6 Å². The van der Waals surface area contributed by atoms with Crippen LogP contribution in [-0.4, -0.2) is 6.10 Å². The zero-order valence-electron chi connectivity index (χ0n) is 7.74. The molecule has 14 heavy (non-hydrogen) atoms. The van der Waals surface area contributed by atoms with E-state index >= 15 is 0 Å². The van der Waals surface area contributed by atoms with Gasteiger partial charge in [-0.25, -0.2) is 4.39 Å². The Bertz CT molecular complexity index is 367. The van der Waals surface area contributed by atoms with Crippen LogP contribution in [0.4, 0.5) is 4.39 Å².